The predicted octanol–water partition coefficient (Wildman–Crippen LogP) is 5.83. The molecule has 2 heterocycles. The van der Waals surface area contributed by atoms with Crippen molar-refractivity contribution in [3.63, 3.8) is 0 Å². The van der Waals surface area contributed by atoms with Gasteiger partial charge in [-0.1, -0.05) is 42.5 Å². The fraction of sp³-hybridized carbons (Fsp3) is 0.154. The highest BCUT2D eigenvalue weighted by molar-refractivity contribution is 7.89. The van der Waals surface area contributed by atoms with Gasteiger partial charge in [-0.25, -0.2) is 13.4 Å². The van der Waals surface area contributed by atoms with E-state index in [9.17, 15) is 8.42 Å². The number of nitrogens with zero attached hydrogens (tertiary/aromatic N) is 3. The SMILES string of the molecule is O=S(=O)(c1ccc(-c2csc(N/N=C\c3cccc(Oc4ccccc4)c3)n2)cc1)N1CCCC1. The van der Waals surface area contributed by atoms with Gasteiger partial charge >= 0.3 is 0 Å². The first kappa shape index (κ1) is 23.2. The zero-order chi connectivity index (χ0) is 24.1. The number of ether oxygens (including phenoxy) is 1. The average molecular weight is 505 g/mol. The molecule has 1 N–H and O–H groups in total. The molecule has 1 aromatic heterocycles. The number of sulfonamides is 1. The fourth-order valence-corrected chi connectivity index (χ4v) is 5.96. The maximum absolute atomic E-state index is 12.7. The summed E-state index contributed by atoms with van der Waals surface area (Å²) in [6.45, 7) is 1.19. The number of hydrogen-bond acceptors (Lipinski definition) is 7. The highest BCUT2D eigenvalue weighted by Crippen LogP contribution is 2.28. The second-order valence-corrected chi connectivity index (χ2v) is 10.8. The molecule has 178 valence electrons. The van der Waals surface area contributed by atoms with Gasteiger partial charge in [0.25, 0.3) is 0 Å². The second-order valence-electron chi connectivity index (χ2n) is 8.03. The van der Waals surface area contributed by atoms with Crippen LogP contribution in [0.5, 0.6) is 11.5 Å². The van der Waals surface area contributed by atoms with E-state index in [1.54, 1.807) is 34.8 Å². The Hall–Kier alpha value is -3.53. The summed E-state index contributed by atoms with van der Waals surface area (Å²) in [6.07, 6.45) is 3.54. The van der Waals surface area contributed by atoms with Gasteiger partial charge < -0.3 is 4.74 Å². The van der Waals surface area contributed by atoms with Crippen molar-refractivity contribution < 1.29 is 13.2 Å². The van der Waals surface area contributed by atoms with Gasteiger partial charge in [-0.15, -0.1) is 11.3 Å². The van der Waals surface area contributed by atoms with Crippen LogP contribution < -0.4 is 10.2 Å². The Bertz CT molecular complexity index is 1410. The molecule has 3 aromatic carbocycles. The van der Waals surface area contributed by atoms with Gasteiger partial charge in [-0.05, 0) is 54.8 Å². The number of hydrogen-bond donors (Lipinski definition) is 1. The lowest BCUT2D eigenvalue weighted by molar-refractivity contribution is 0.477. The van der Waals surface area contributed by atoms with Crippen molar-refractivity contribution in [1.29, 1.82) is 0 Å². The smallest absolute Gasteiger partial charge is 0.243 e. The summed E-state index contributed by atoms with van der Waals surface area (Å²) in [5.74, 6) is 1.50. The lowest BCUT2D eigenvalue weighted by Gasteiger charge is -2.15. The van der Waals surface area contributed by atoms with Crippen LogP contribution in [0, 0.1) is 0 Å². The standard InChI is InChI=1S/C26H24N4O3S2/c31-35(32,30-15-4-5-16-30)24-13-11-21(12-14-24)25-19-34-26(28-25)29-27-18-20-7-6-10-23(17-20)33-22-8-2-1-3-9-22/h1-3,6-14,17-19H,4-5,15-16H2,(H,28,29)/b27-18-. The number of thiazole rings is 1. The maximum atomic E-state index is 12.7. The molecule has 9 heteroatoms. The van der Waals surface area contributed by atoms with Crippen LogP contribution in [0.2, 0.25) is 0 Å². The monoisotopic (exact) mass is 504 g/mol. The van der Waals surface area contributed by atoms with E-state index in [0.29, 0.717) is 23.1 Å². The van der Waals surface area contributed by atoms with E-state index in [2.05, 4.69) is 15.5 Å². The van der Waals surface area contributed by atoms with Crippen molar-refractivity contribution in [2.45, 2.75) is 17.7 Å². The number of anilines is 1. The van der Waals surface area contributed by atoms with Crippen LogP contribution in [-0.2, 0) is 10.0 Å². The first-order valence-corrected chi connectivity index (χ1v) is 13.6. The van der Waals surface area contributed by atoms with Crippen molar-refractivity contribution in [3.8, 4) is 22.8 Å². The third-order valence-corrected chi connectivity index (χ3v) is 8.23. The zero-order valence-corrected chi connectivity index (χ0v) is 20.5. The minimum atomic E-state index is -3.42. The summed E-state index contributed by atoms with van der Waals surface area (Å²) in [5, 5.41) is 6.84. The normalized spacial score (nSPS) is 14.4. The fourth-order valence-electron chi connectivity index (χ4n) is 3.78. The minimum Gasteiger partial charge on any atom is -0.457 e. The topological polar surface area (TPSA) is 83.9 Å². The summed E-state index contributed by atoms with van der Waals surface area (Å²) in [4.78, 5) is 4.88. The average Bonchev–Trinajstić information content (AvgIpc) is 3.59. The molecule has 0 saturated carbocycles. The number of hydrazone groups is 1. The number of nitrogens with one attached hydrogen (secondary N) is 1. The van der Waals surface area contributed by atoms with E-state index in [0.717, 1.165) is 41.2 Å². The van der Waals surface area contributed by atoms with Crippen LogP contribution in [0.1, 0.15) is 18.4 Å². The summed E-state index contributed by atoms with van der Waals surface area (Å²) in [7, 11) is -3.42. The van der Waals surface area contributed by atoms with Crippen LogP contribution >= 0.6 is 11.3 Å². The van der Waals surface area contributed by atoms with Gasteiger partial charge in [0.2, 0.25) is 15.2 Å². The summed E-state index contributed by atoms with van der Waals surface area (Å²) < 4.78 is 32.8. The lowest BCUT2D eigenvalue weighted by Crippen LogP contribution is -2.27. The summed E-state index contributed by atoms with van der Waals surface area (Å²) in [5.41, 5.74) is 5.46. The van der Waals surface area contributed by atoms with Crippen LogP contribution in [-0.4, -0.2) is 37.0 Å². The number of rotatable bonds is 8. The molecule has 1 aliphatic rings. The molecule has 0 atom stereocenters. The van der Waals surface area contributed by atoms with Crippen LogP contribution in [0.3, 0.4) is 0 Å². The second kappa shape index (κ2) is 10.4. The molecule has 5 rings (SSSR count). The first-order valence-electron chi connectivity index (χ1n) is 11.3. The number of aromatic nitrogens is 1. The molecule has 1 fully saturated rings. The van der Waals surface area contributed by atoms with Crippen LogP contribution in [0.4, 0.5) is 5.13 Å². The zero-order valence-electron chi connectivity index (χ0n) is 18.9. The highest BCUT2D eigenvalue weighted by atomic mass is 32.2. The molecule has 1 aliphatic heterocycles. The van der Waals surface area contributed by atoms with E-state index in [-0.39, 0.29) is 0 Å². The van der Waals surface area contributed by atoms with Gasteiger partial charge in [0.15, 0.2) is 0 Å². The molecule has 7 nitrogen and oxygen atoms in total. The minimum absolute atomic E-state index is 0.319. The van der Waals surface area contributed by atoms with Gasteiger partial charge in [0.05, 0.1) is 16.8 Å². The molecule has 0 radical (unpaired) electrons. The molecule has 0 unspecified atom stereocenters. The molecular formula is C26H24N4O3S2. The van der Waals surface area contributed by atoms with Crippen molar-refractivity contribution in [1.82, 2.24) is 9.29 Å². The van der Waals surface area contributed by atoms with Crippen LogP contribution in [0.15, 0.2) is 94.2 Å². The number of para-hydroxylation sites is 1. The third kappa shape index (κ3) is 5.59. The van der Waals surface area contributed by atoms with Crippen molar-refractivity contribution in [2.75, 3.05) is 18.5 Å². The molecule has 0 amide bonds. The van der Waals surface area contributed by atoms with Gasteiger partial charge in [-0.3, -0.25) is 5.43 Å². The molecule has 0 aliphatic carbocycles. The Labute approximate surface area is 208 Å². The van der Waals surface area contributed by atoms with Crippen molar-refractivity contribution in [2.24, 2.45) is 5.10 Å². The van der Waals surface area contributed by atoms with E-state index in [1.807, 2.05) is 60.0 Å². The Morgan fingerprint density at radius 2 is 1.69 bits per heavy atom. The molecule has 1 saturated heterocycles. The quantitative estimate of drug-likeness (QED) is 0.241. The molecule has 0 spiro atoms. The molecule has 4 aromatic rings. The summed E-state index contributed by atoms with van der Waals surface area (Å²) in [6, 6.07) is 24.2. The van der Waals surface area contributed by atoms with Crippen LogP contribution in [0.25, 0.3) is 11.3 Å². The summed E-state index contributed by atoms with van der Waals surface area (Å²) >= 11 is 1.43. The third-order valence-electron chi connectivity index (χ3n) is 5.57. The number of benzene rings is 3. The molecule has 0 bridgehead atoms. The Kier molecular flexibility index (Phi) is 6.89. The van der Waals surface area contributed by atoms with E-state index in [4.69, 9.17) is 4.74 Å². The molecule has 35 heavy (non-hydrogen) atoms. The first-order chi connectivity index (χ1) is 17.1. The van der Waals surface area contributed by atoms with Gasteiger partial charge in [-0.2, -0.15) is 9.41 Å². The Morgan fingerprint density at radius 3 is 2.46 bits per heavy atom. The largest absolute Gasteiger partial charge is 0.457 e. The van der Waals surface area contributed by atoms with E-state index >= 15 is 0 Å². The lowest BCUT2D eigenvalue weighted by atomic mass is 10.2. The maximum Gasteiger partial charge on any atom is 0.243 e. The highest BCUT2D eigenvalue weighted by Gasteiger charge is 2.27. The Balaban J connectivity index is 1.21. The van der Waals surface area contributed by atoms with Gasteiger partial charge in [0, 0.05) is 24.0 Å². The van der Waals surface area contributed by atoms with E-state index < -0.39 is 10.0 Å². The van der Waals surface area contributed by atoms with Crippen molar-refractivity contribution >= 4 is 32.7 Å². The Morgan fingerprint density at radius 1 is 0.943 bits per heavy atom. The van der Waals surface area contributed by atoms with Crippen molar-refractivity contribution in [3.05, 3.63) is 89.8 Å². The van der Waals surface area contributed by atoms with E-state index in [1.165, 1.54) is 11.3 Å². The predicted molar refractivity (Wildman–Crippen MR) is 140 cm³/mol. The molecular weight excluding hydrogens is 480 g/mol. The van der Waals surface area contributed by atoms with Gasteiger partial charge in [0.1, 0.15) is 11.5 Å².